The molecular formula is C12H23N3O3. The van der Waals surface area contributed by atoms with Gasteiger partial charge in [-0.25, -0.2) is 9.80 Å². The van der Waals surface area contributed by atoms with E-state index in [1.54, 1.807) is 24.0 Å². The molecule has 1 aliphatic heterocycles. The molecule has 2 N–H and O–H groups in total. The number of piperidine rings is 1. The lowest BCUT2D eigenvalue weighted by atomic mass is 9.76. The van der Waals surface area contributed by atoms with Gasteiger partial charge in [-0.1, -0.05) is 13.3 Å². The molecule has 1 saturated heterocycles. The van der Waals surface area contributed by atoms with Crippen LogP contribution >= 0.6 is 0 Å². The van der Waals surface area contributed by atoms with Crippen LogP contribution < -0.4 is 5.43 Å². The maximum absolute atomic E-state index is 11.9. The summed E-state index contributed by atoms with van der Waals surface area (Å²) < 4.78 is 0. The van der Waals surface area contributed by atoms with Crippen molar-refractivity contribution in [1.29, 1.82) is 0 Å². The molecule has 6 nitrogen and oxygen atoms in total. The van der Waals surface area contributed by atoms with Crippen molar-refractivity contribution in [1.82, 2.24) is 15.3 Å². The van der Waals surface area contributed by atoms with E-state index in [4.69, 9.17) is 0 Å². The fourth-order valence-electron chi connectivity index (χ4n) is 2.53. The van der Waals surface area contributed by atoms with Crippen molar-refractivity contribution >= 4 is 12.0 Å². The summed E-state index contributed by atoms with van der Waals surface area (Å²) in [5, 5.41) is 11.0. The van der Waals surface area contributed by atoms with E-state index in [0.29, 0.717) is 25.9 Å². The second-order valence-electron chi connectivity index (χ2n) is 5.17. The molecule has 1 heterocycles. The van der Waals surface area contributed by atoms with E-state index in [1.807, 2.05) is 6.92 Å². The predicted molar refractivity (Wildman–Crippen MR) is 68.0 cm³/mol. The van der Waals surface area contributed by atoms with Crippen molar-refractivity contribution in [3.05, 3.63) is 0 Å². The van der Waals surface area contributed by atoms with E-state index in [2.05, 4.69) is 5.43 Å². The van der Waals surface area contributed by atoms with Gasteiger partial charge in [0.15, 0.2) is 0 Å². The summed E-state index contributed by atoms with van der Waals surface area (Å²) in [6.07, 6.45) is 2.83. The number of nitrogens with one attached hydrogen (secondary N) is 1. The van der Waals surface area contributed by atoms with Crippen LogP contribution in [-0.4, -0.2) is 54.2 Å². The summed E-state index contributed by atoms with van der Waals surface area (Å²) >= 11 is 0. The van der Waals surface area contributed by atoms with Crippen LogP contribution in [0.15, 0.2) is 0 Å². The fourth-order valence-corrected chi connectivity index (χ4v) is 2.53. The van der Waals surface area contributed by atoms with Crippen LogP contribution in [0.3, 0.4) is 0 Å². The summed E-state index contributed by atoms with van der Waals surface area (Å²) in [5.41, 5.74) is 1.89. The van der Waals surface area contributed by atoms with Crippen LogP contribution in [0, 0.1) is 5.41 Å². The number of hydrogen-bond donors (Lipinski definition) is 2. The third-order valence-electron chi connectivity index (χ3n) is 3.37. The minimum Gasteiger partial charge on any atom is -0.481 e. The van der Waals surface area contributed by atoms with Gasteiger partial charge in [-0.2, -0.15) is 0 Å². The summed E-state index contributed by atoms with van der Waals surface area (Å²) in [6.45, 7) is 2.90. The maximum Gasteiger partial charge on any atom is 0.331 e. The zero-order valence-corrected chi connectivity index (χ0v) is 11.4. The van der Waals surface area contributed by atoms with E-state index in [0.717, 1.165) is 12.8 Å². The zero-order valence-electron chi connectivity index (χ0n) is 11.4. The number of urea groups is 1. The highest BCUT2D eigenvalue weighted by Gasteiger charge is 2.42. The third-order valence-corrected chi connectivity index (χ3v) is 3.37. The Bertz CT molecular complexity index is 316. The van der Waals surface area contributed by atoms with Crippen molar-refractivity contribution in [3.8, 4) is 0 Å². The molecule has 0 bridgehead atoms. The number of nitrogens with zero attached hydrogens (tertiary/aromatic N) is 2. The first-order chi connectivity index (χ1) is 8.41. The number of hydrazine groups is 1. The van der Waals surface area contributed by atoms with E-state index in [1.165, 1.54) is 0 Å². The number of carboxylic acid groups (broad SMARTS) is 1. The van der Waals surface area contributed by atoms with Crippen molar-refractivity contribution < 1.29 is 14.7 Å². The van der Waals surface area contributed by atoms with Crippen LogP contribution in [0.2, 0.25) is 0 Å². The first-order valence-electron chi connectivity index (χ1n) is 6.37. The first-order valence-corrected chi connectivity index (χ1v) is 6.37. The molecule has 0 spiro atoms. The molecule has 0 radical (unpaired) electrons. The number of rotatable bonds is 4. The maximum atomic E-state index is 11.9. The van der Waals surface area contributed by atoms with Gasteiger partial charge in [0.25, 0.3) is 0 Å². The smallest absolute Gasteiger partial charge is 0.331 e. The molecule has 1 aliphatic rings. The van der Waals surface area contributed by atoms with Crippen molar-refractivity contribution in [2.75, 3.05) is 27.2 Å². The second kappa shape index (κ2) is 6.04. The predicted octanol–water partition coefficient (Wildman–Crippen LogP) is 1.14. The number of carbonyl (C=O) groups is 2. The lowest BCUT2D eigenvalue weighted by molar-refractivity contribution is -0.152. The summed E-state index contributed by atoms with van der Waals surface area (Å²) in [4.78, 5) is 25.0. The molecule has 0 aromatic carbocycles. The quantitative estimate of drug-likeness (QED) is 0.741. The zero-order chi connectivity index (χ0) is 13.8. The average molecular weight is 257 g/mol. The normalized spacial score (nSPS) is 24.1. The number of hydrogen-bond acceptors (Lipinski definition) is 3. The molecule has 2 amide bonds. The highest BCUT2D eigenvalue weighted by atomic mass is 16.4. The molecule has 1 atom stereocenters. The van der Waals surface area contributed by atoms with Gasteiger partial charge < -0.3 is 10.0 Å². The molecule has 18 heavy (non-hydrogen) atoms. The minimum atomic E-state index is -0.785. The van der Waals surface area contributed by atoms with Gasteiger partial charge in [-0.3, -0.25) is 10.2 Å². The Balaban J connectivity index is 2.74. The Labute approximate surface area is 108 Å². The summed E-state index contributed by atoms with van der Waals surface area (Å²) in [6, 6.07) is -0.221. The molecule has 1 rings (SSSR count). The Morgan fingerprint density at radius 3 is 2.61 bits per heavy atom. The molecule has 0 aromatic rings. The summed E-state index contributed by atoms with van der Waals surface area (Å²) in [7, 11) is 3.47. The monoisotopic (exact) mass is 257 g/mol. The second-order valence-corrected chi connectivity index (χ2v) is 5.17. The van der Waals surface area contributed by atoms with Gasteiger partial charge in [-0.05, 0) is 19.3 Å². The molecule has 1 fully saturated rings. The number of likely N-dealkylation sites (tertiary alicyclic amines) is 1. The number of carboxylic acids is 1. The van der Waals surface area contributed by atoms with E-state index in [-0.39, 0.29) is 6.03 Å². The Morgan fingerprint density at radius 2 is 2.11 bits per heavy atom. The van der Waals surface area contributed by atoms with E-state index >= 15 is 0 Å². The van der Waals surface area contributed by atoms with E-state index < -0.39 is 11.4 Å². The molecule has 6 heteroatoms. The van der Waals surface area contributed by atoms with Gasteiger partial charge in [-0.15, -0.1) is 0 Å². The van der Waals surface area contributed by atoms with Gasteiger partial charge in [0.05, 0.1) is 5.41 Å². The highest BCUT2D eigenvalue weighted by Crippen LogP contribution is 2.35. The summed E-state index contributed by atoms with van der Waals surface area (Å²) in [5.74, 6) is -0.785. The number of carbonyl (C=O) groups excluding carboxylic acids is 1. The number of aliphatic carboxylic acids is 1. The molecule has 0 aliphatic carbocycles. The van der Waals surface area contributed by atoms with Gasteiger partial charge in [0.1, 0.15) is 0 Å². The lowest BCUT2D eigenvalue weighted by Gasteiger charge is -2.40. The Kier molecular flexibility index (Phi) is 4.95. The van der Waals surface area contributed by atoms with Gasteiger partial charge in [0, 0.05) is 27.2 Å². The van der Waals surface area contributed by atoms with Crippen LogP contribution in [0.25, 0.3) is 0 Å². The molecular weight excluding hydrogens is 234 g/mol. The topological polar surface area (TPSA) is 72.9 Å². The Morgan fingerprint density at radius 1 is 1.44 bits per heavy atom. The standard InChI is InChI=1S/C12H23N3O3/c1-4-6-12(10(16)17)7-5-8-15(9-12)11(18)13-14(2)3/h4-9H2,1-3H3,(H,13,18)(H,16,17). The minimum absolute atomic E-state index is 0.221. The highest BCUT2D eigenvalue weighted by molar-refractivity contribution is 5.78. The van der Waals surface area contributed by atoms with Gasteiger partial charge in [0.2, 0.25) is 0 Å². The fraction of sp³-hybridized carbons (Fsp3) is 0.833. The van der Waals surface area contributed by atoms with Crippen molar-refractivity contribution in [3.63, 3.8) is 0 Å². The molecule has 0 aromatic heterocycles. The third kappa shape index (κ3) is 3.35. The van der Waals surface area contributed by atoms with Crippen LogP contribution in [-0.2, 0) is 4.79 Å². The van der Waals surface area contributed by atoms with Gasteiger partial charge >= 0.3 is 12.0 Å². The van der Waals surface area contributed by atoms with Crippen LogP contribution in [0.5, 0.6) is 0 Å². The average Bonchev–Trinajstić information content (AvgIpc) is 2.28. The molecule has 1 unspecified atom stereocenters. The van der Waals surface area contributed by atoms with Crippen molar-refractivity contribution in [2.45, 2.75) is 32.6 Å². The Hall–Kier alpha value is -1.30. The first kappa shape index (κ1) is 14.8. The largest absolute Gasteiger partial charge is 0.481 e. The van der Waals surface area contributed by atoms with Crippen LogP contribution in [0.4, 0.5) is 4.79 Å². The molecule has 104 valence electrons. The SMILES string of the molecule is CCCC1(C(=O)O)CCCN(C(=O)NN(C)C)C1. The van der Waals surface area contributed by atoms with Crippen LogP contribution in [0.1, 0.15) is 32.6 Å². The van der Waals surface area contributed by atoms with Crippen molar-refractivity contribution in [2.24, 2.45) is 5.41 Å². The number of amides is 2. The molecule has 0 saturated carbocycles. The van der Waals surface area contributed by atoms with E-state index in [9.17, 15) is 14.7 Å². The lowest BCUT2D eigenvalue weighted by Crippen LogP contribution is -2.54.